The molecule has 1 aliphatic carbocycles. The number of hydrogen-bond acceptors (Lipinski definition) is 0. The summed E-state index contributed by atoms with van der Waals surface area (Å²) in [4.78, 5) is 0. The van der Waals surface area contributed by atoms with Crippen LogP contribution in [0.3, 0.4) is 0 Å². The zero-order valence-corrected chi connectivity index (χ0v) is 59.7. The Labute approximate surface area is 627 Å². The third kappa shape index (κ3) is 16.7. The molecule has 0 N–H and O–H groups in total. The van der Waals surface area contributed by atoms with Crippen LogP contribution in [0, 0.1) is 0 Å². The summed E-state index contributed by atoms with van der Waals surface area (Å²) in [7, 11) is 0. The summed E-state index contributed by atoms with van der Waals surface area (Å²) in [6.07, 6.45) is 1.10. The maximum absolute atomic E-state index is 2.24. The largest absolute Gasteiger partial charge is 0.0623 e. The highest BCUT2D eigenvalue weighted by Crippen LogP contribution is 2.38. The van der Waals surface area contributed by atoms with Crippen molar-refractivity contribution in [3.05, 3.63) is 484 Å². The second-order valence-corrected chi connectivity index (χ2v) is 26.5. The van der Waals surface area contributed by atoms with Gasteiger partial charge in [0, 0.05) is 0 Å². The van der Waals surface area contributed by atoms with Gasteiger partial charge in [0.15, 0.2) is 0 Å². The zero-order chi connectivity index (χ0) is 72.0. The van der Waals surface area contributed by atoms with Crippen molar-refractivity contribution in [2.24, 2.45) is 0 Å². The van der Waals surface area contributed by atoms with Crippen LogP contribution in [0.4, 0.5) is 0 Å². The van der Waals surface area contributed by atoms with Crippen LogP contribution in [0.25, 0.3) is 141 Å². The Morgan fingerprint density at radius 1 is 0.112 bits per heavy atom. The Hall–Kier alpha value is -13.8. The molecule has 0 saturated carbocycles. The molecule has 0 heterocycles. The minimum absolute atomic E-state index is 1.10. The summed E-state index contributed by atoms with van der Waals surface area (Å²) in [6.45, 7) is 0. The lowest BCUT2D eigenvalue weighted by atomic mass is 9.94. The standard InChI is InChI=1S/C20H14.C18H12.2C14H10.C13H10.C12H10.C10H8.C6H6/c1-3-11-17-15(7-1)9-5-13-19(17)20-14-6-10-16-8-2-4-12-18(16)20;1-2-8-14-13(7-1)15-9-3-4-11-17(15)18-12-6-5-10-16(14)18;1-3-7-13-11(5-1)9-10-12-6-2-4-8-14(12)13;1-2-6-12-10-14-8-4-3-7-13(14)9-11(12)5-1;1-3-7-12-10(5-1)9-11-6-2-4-8-13(11)12;1-3-7-11(8-4-1)12-9-5-2-6-10-12;1-2-6-10-8-4-3-7-9(10)5-1;1-2-4-6-5-3-1/h1-14H;1-12H;2*1-10H;1-8H,9H2;1-10H;1-8H;1-6H. The lowest BCUT2D eigenvalue weighted by Crippen LogP contribution is -1.83. The lowest BCUT2D eigenvalue weighted by Gasteiger charge is -2.10. The summed E-state index contributed by atoms with van der Waals surface area (Å²) in [5.41, 5.74) is 10.9. The summed E-state index contributed by atoms with van der Waals surface area (Å²) < 4.78 is 0. The molecular formula is C107H80. The molecule has 22 rings (SSSR count). The first kappa shape index (κ1) is 69.0. The summed E-state index contributed by atoms with van der Waals surface area (Å²) in [6, 6.07) is 166. The van der Waals surface area contributed by atoms with Gasteiger partial charge in [0.05, 0.1) is 0 Å². The molecule has 1 aliphatic rings. The van der Waals surface area contributed by atoms with E-state index in [4.69, 9.17) is 0 Å². The van der Waals surface area contributed by atoms with E-state index in [-0.39, 0.29) is 0 Å². The average molecular weight is 1370 g/mol. The van der Waals surface area contributed by atoms with E-state index in [2.05, 4.69) is 425 Å². The number of hydrogen-bond donors (Lipinski definition) is 0. The summed E-state index contributed by atoms with van der Waals surface area (Å²) >= 11 is 0. The molecule has 107 heavy (non-hydrogen) atoms. The van der Waals surface area contributed by atoms with Crippen LogP contribution in [0.15, 0.2) is 473 Å². The second kappa shape index (κ2) is 34.5. The van der Waals surface area contributed by atoms with Gasteiger partial charge in [-0.1, -0.05) is 461 Å². The highest BCUT2D eigenvalue weighted by molar-refractivity contribution is 6.25. The molecule has 21 aromatic rings. The molecular weight excluding hydrogens is 1290 g/mol. The SMILES string of the molecule is c1ccc(-c2ccccc2)cc1.c1ccc2c(-c3cccc4ccccc34)cccc2c1.c1ccc2c(c1)Cc1ccccc1-2.c1ccc2c(c1)c1ccccc1c1ccccc21.c1ccc2c(c1)ccc1ccccc12.c1ccc2cc3ccccc3cc2c1.c1ccc2ccccc2c1.c1ccccc1. The number of rotatable bonds is 2. The van der Waals surface area contributed by atoms with Crippen molar-refractivity contribution >= 4 is 108 Å². The van der Waals surface area contributed by atoms with Crippen molar-refractivity contribution < 1.29 is 0 Å². The molecule has 0 radical (unpaired) electrons. The van der Waals surface area contributed by atoms with E-state index < -0.39 is 0 Å². The molecule has 0 unspecified atom stereocenters. The predicted octanol–water partition coefficient (Wildman–Crippen LogP) is 29.9. The van der Waals surface area contributed by atoms with Crippen molar-refractivity contribution in [2.45, 2.75) is 6.42 Å². The fourth-order valence-electron chi connectivity index (χ4n) is 14.5. The van der Waals surface area contributed by atoms with E-state index >= 15 is 0 Å². The van der Waals surface area contributed by atoms with Crippen LogP contribution >= 0.6 is 0 Å². The first-order valence-corrected chi connectivity index (χ1v) is 36.8. The molecule has 0 amide bonds. The smallest absolute Gasteiger partial charge is 0.00135 e. The van der Waals surface area contributed by atoms with Gasteiger partial charge in [0.25, 0.3) is 0 Å². The fourth-order valence-corrected chi connectivity index (χ4v) is 14.5. The van der Waals surface area contributed by atoms with Crippen molar-refractivity contribution in [3.8, 4) is 33.4 Å². The normalized spacial score (nSPS) is 10.8. The van der Waals surface area contributed by atoms with Crippen molar-refractivity contribution in [3.63, 3.8) is 0 Å². The van der Waals surface area contributed by atoms with E-state index in [0.717, 1.165) is 6.42 Å². The molecule has 508 valence electrons. The van der Waals surface area contributed by atoms with Gasteiger partial charge in [-0.05, 0) is 171 Å². The molecule has 0 fully saturated rings. The first-order chi connectivity index (χ1) is 53.1. The molecule has 21 aromatic carbocycles. The molecule has 0 aromatic heterocycles. The molecule has 0 saturated heterocycles. The molecule has 0 aliphatic heterocycles. The van der Waals surface area contributed by atoms with Gasteiger partial charge in [-0.3, -0.25) is 0 Å². The van der Waals surface area contributed by atoms with Crippen LogP contribution in [0.2, 0.25) is 0 Å². The maximum atomic E-state index is 2.24. The zero-order valence-electron chi connectivity index (χ0n) is 59.7. The van der Waals surface area contributed by atoms with Gasteiger partial charge in [-0.15, -0.1) is 0 Å². The topological polar surface area (TPSA) is 0 Å². The highest BCUT2D eigenvalue weighted by atomic mass is 14.2. The Balaban J connectivity index is 0.0000000993. The number of fused-ring (bicyclic) bond motifs is 17. The van der Waals surface area contributed by atoms with Crippen molar-refractivity contribution in [1.29, 1.82) is 0 Å². The van der Waals surface area contributed by atoms with Crippen LogP contribution in [-0.4, -0.2) is 0 Å². The second-order valence-electron chi connectivity index (χ2n) is 26.5. The van der Waals surface area contributed by atoms with Crippen LogP contribution in [0.5, 0.6) is 0 Å². The monoisotopic (exact) mass is 1360 g/mol. The predicted molar refractivity (Wildman–Crippen MR) is 466 cm³/mol. The Morgan fingerprint density at radius 3 is 0.617 bits per heavy atom. The molecule has 0 nitrogen and oxygen atoms in total. The Bertz CT molecular complexity index is 5820. The Morgan fingerprint density at radius 2 is 0.308 bits per heavy atom. The van der Waals surface area contributed by atoms with E-state index in [1.807, 2.05) is 48.5 Å². The molecule has 0 spiro atoms. The maximum Gasteiger partial charge on any atom is -0.00135 e. The van der Waals surface area contributed by atoms with E-state index in [1.54, 1.807) is 0 Å². The summed E-state index contributed by atoms with van der Waals surface area (Å²) in [5, 5.41) is 26.4. The van der Waals surface area contributed by atoms with Gasteiger partial charge in [-0.25, -0.2) is 0 Å². The average Bonchev–Trinajstić information content (AvgIpc) is 1.25. The van der Waals surface area contributed by atoms with E-state index in [1.165, 1.54) is 152 Å². The van der Waals surface area contributed by atoms with Crippen LogP contribution in [-0.2, 0) is 6.42 Å². The Kier molecular flexibility index (Phi) is 22.2. The minimum atomic E-state index is 1.10. The van der Waals surface area contributed by atoms with Crippen molar-refractivity contribution in [2.75, 3.05) is 0 Å². The molecule has 0 heteroatoms. The highest BCUT2D eigenvalue weighted by Gasteiger charge is 2.16. The van der Waals surface area contributed by atoms with Gasteiger partial charge in [0.2, 0.25) is 0 Å². The fraction of sp³-hybridized carbons (Fsp3) is 0.00935. The third-order valence-corrected chi connectivity index (χ3v) is 19.7. The van der Waals surface area contributed by atoms with Crippen LogP contribution < -0.4 is 0 Å². The number of benzene rings is 21. The van der Waals surface area contributed by atoms with E-state index in [0.29, 0.717) is 0 Å². The molecule has 0 bridgehead atoms. The minimum Gasteiger partial charge on any atom is -0.0623 e. The quantitative estimate of drug-likeness (QED) is 0.120. The molecule has 0 atom stereocenters. The van der Waals surface area contributed by atoms with Gasteiger partial charge < -0.3 is 0 Å². The van der Waals surface area contributed by atoms with Gasteiger partial charge in [0.1, 0.15) is 0 Å². The van der Waals surface area contributed by atoms with Crippen LogP contribution in [0.1, 0.15) is 11.1 Å². The van der Waals surface area contributed by atoms with Crippen molar-refractivity contribution in [1.82, 2.24) is 0 Å². The summed E-state index contributed by atoms with van der Waals surface area (Å²) in [5.74, 6) is 0. The first-order valence-electron chi connectivity index (χ1n) is 36.8. The van der Waals surface area contributed by atoms with Gasteiger partial charge >= 0.3 is 0 Å². The third-order valence-electron chi connectivity index (χ3n) is 19.7. The van der Waals surface area contributed by atoms with E-state index in [9.17, 15) is 0 Å². The lowest BCUT2D eigenvalue weighted by molar-refractivity contribution is 1.26. The van der Waals surface area contributed by atoms with Gasteiger partial charge in [-0.2, -0.15) is 0 Å².